The second-order valence-electron chi connectivity index (χ2n) is 11.1. The van der Waals surface area contributed by atoms with Gasteiger partial charge in [-0.2, -0.15) is 0 Å². The van der Waals surface area contributed by atoms with Gasteiger partial charge < -0.3 is 64.0 Å². The Labute approximate surface area is 244 Å². The summed E-state index contributed by atoms with van der Waals surface area (Å²) in [4.78, 5) is 25.2. The number of esters is 1. The molecule has 0 aromatic carbocycles. The molecule has 3 aliphatic rings. The van der Waals surface area contributed by atoms with Crippen molar-refractivity contribution in [1.82, 2.24) is 0 Å². The van der Waals surface area contributed by atoms with Crippen LogP contribution in [-0.2, 0) is 33.3 Å². The number of aliphatic carboxylic acids is 1. The summed E-state index contributed by atoms with van der Waals surface area (Å²) in [7, 11) is 1.21. The van der Waals surface area contributed by atoms with Crippen molar-refractivity contribution in [2.45, 2.75) is 63.1 Å². The van der Waals surface area contributed by atoms with Crippen molar-refractivity contribution in [3.63, 3.8) is 0 Å². The van der Waals surface area contributed by atoms with Crippen LogP contribution >= 0.6 is 0 Å². The maximum Gasteiger partial charge on any atom is 0.337 e. The van der Waals surface area contributed by atoms with Gasteiger partial charge >= 0.3 is 5.97 Å². The Bertz CT molecular complexity index is 998. The van der Waals surface area contributed by atoms with E-state index in [0.717, 1.165) is 11.2 Å². The van der Waals surface area contributed by atoms with Gasteiger partial charge in [0, 0.05) is 17.8 Å². The van der Waals surface area contributed by atoms with Gasteiger partial charge in [0.25, 0.3) is 0 Å². The van der Waals surface area contributed by atoms with E-state index in [0.29, 0.717) is 26.1 Å². The van der Waals surface area contributed by atoms with Crippen molar-refractivity contribution in [3.05, 3.63) is 36.6 Å². The number of rotatable bonds is 12. The van der Waals surface area contributed by atoms with E-state index in [1.54, 1.807) is 26.0 Å². The fourth-order valence-electron chi connectivity index (χ4n) is 5.70. The van der Waals surface area contributed by atoms with Crippen molar-refractivity contribution in [1.29, 1.82) is 0 Å². The SMILES string of the molecule is C=CC1C(OC2OC(CO)C(O)C(O)(O)C2OC(C)C)OC=C(C(=O)OC)C1C=CC1CC(C(=O)[O-])C[NH+](CCO)C1. The smallest absolute Gasteiger partial charge is 0.337 e. The molecule has 0 amide bonds. The molecule has 238 valence electrons. The van der Waals surface area contributed by atoms with Crippen LogP contribution in [0.2, 0.25) is 0 Å². The first-order valence-corrected chi connectivity index (χ1v) is 14.0. The van der Waals surface area contributed by atoms with Crippen LogP contribution in [0.5, 0.6) is 0 Å². The maximum absolute atomic E-state index is 12.7. The summed E-state index contributed by atoms with van der Waals surface area (Å²) >= 11 is 0. The second-order valence-corrected chi connectivity index (χ2v) is 11.1. The zero-order chi connectivity index (χ0) is 31.2. The van der Waals surface area contributed by atoms with Crippen LogP contribution in [0.15, 0.2) is 36.6 Å². The van der Waals surface area contributed by atoms with E-state index >= 15 is 0 Å². The van der Waals surface area contributed by atoms with Gasteiger partial charge in [-0.1, -0.05) is 18.2 Å². The number of carbonyl (C=O) groups excluding carboxylic acids is 2. The van der Waals surface area contributed by atoms with Gasteiger partial charge in [-0.25, -0.2) is 4.79 Å². The molecule has 0 aromatic heterocycles. The first-order chi connectivity index (χ1) is 19.9. The molecule has 0 aliphatic carbocycles. The van der Waals surface area contributed by atoms with E-state index in [-0.39, 0.29) is 18.1 Å². The lowest BCUT2D eigenvalue weighted by Crippen LogP contribution is -3.15. The predicted octanol–water partition coefficient (Wildman–Crippen LogP) is -3.79. The molecule has 6 N–H and O–H groups in total. The molecular formula is C28H43NO13. The molecular weight excluding hydrogens is 558 g/mol. The lowest BCUT2D eigenvalue weighted by atomic mass is 9.81. The van der Waals surface area contributed by atoms with Crippen LogP contribution in [-0.4, -0.2) is 120 Å². The number of allylic oxidation sites excluding steroid dienone is 1. The molecule has 0 bridgehead atoms. The van der Waals surface area contributed by atoms with Crippen LogP contribution in [0.25, 0.3) is 0 Å². The number of carbonyl (C=O) groups is 2. The fraction of sp³-hybridized carbons (Fsp3) is 0.714. The van der Waals surface area contributed by atoms with E-state index < -0.39 is 79.1 Å². The summed E-state index contributed by atoms with van der Waals surface area (Å²) in [5, 5.41) is 62.5. The minimum atomic E-state index is -2.86. The van der Waals surface area contributed by atoms with Crippen LogP contribution in [0.4, 0.5) is 0 Å². The normalized spacial score (nSPS) is 36.7. The number of nitrogens with one attached hydrogen (secondary N) is 1. The standard InChI is InChI=1S/C28H43NO13/c1-5-18-19(7-6-16-10-17(24(33)34)12-29(11-16)8-9-30)20(25(35)38-4)14-39-26(18)42-27-23(40-15(2)3)28(36,37)22(32)21(13-31)41-27/h5-7,14-19,21-23,26-27,30-32,36-37H,1,8-13H2,2-4H3,(H,33,34). The molecule has 14 heteroatoms. The molecule has 3 aliphatic heterocycles. The van der Waals surface area contributed by atoms with E-state index in [9.17, 15) is 40.2 Å². The van der Waals surface area contributed by atoms with Crippen molar-refractivity contribution in [2.75, 3.05) is 40.0 Å². The van der Waals surface area contributed by atoms with Gasteiger partial charge in [-0.05, 0) is 20.3 Å². The summed E-state index contributed by atoms with van der Waals surface area (Å²) in [6, 6.07) is 0. The number of aliphatic hydroxyl groups excluding tert-OH is 3. The second kappa shape index (κ2) is 14.9. The van der Waals surface area contributed by atoms with E-state index in [2.05, 4.69) is 6.58 Å². The topological polar surface area (TPSA) is 209 Å². The van der Waals surface area contributed by atoms with Crippen molar-refractivity contribution in [2.24, 2.45) is 23.7 Å². The first kappa shape index (κ1) is 34.1. The van der Waals surface area contributed by atoms with E-state index in [1.165, 1.54) is 13.2 Å². The quantitative estimate of drug-likeness (QED) is 0.0722. The minimum Gasteiger partial charge on any atom is -0.550 e. The first-order valence-electron chi connectivity index (χ1n) is 14.0. The number of carboxylic acids is 1. The molecule has 14 nitrogen and oxygen atoms in total. The number of piperidine rings is 1. The zero-order valence-corrected chi connectivity index (χ0v) is 24.0. The fourth-order valence-corrected chi connectivity index (χ4v) is 5.70. The summed E-state index contributed by atoms with van der Waals surface area (Å²) in [5.74, 6) is -7.11. The largest absolute Gasteiger partial charge is 0.550 e. The zero-order valence-electron chi connectivity index (χ0n) is 24.0. The highest BCUT2D eigenvalue weighted by atomic mass is 16.8. The molecule has 0 radical (unpaired) electrons. The molecule has 10 unspecified atom stereocenters. The highest BCUT2D eigenvalue weighted by Gasteiger charge is 2.57. The van der Waals surface area contributed by atoms with Crippen molar-refractivity contribution < 1.29 is 68.8 Å². The van der Waals surface area contributed by atoms with Crippen LogP contribution in [0.1, 0.15) is 20.3 Å². The summed E-state index contributed by atoms with van der Waals surface area (Å²) in [5.41, 5.74) is 0.132. The average Bonchev–Trinajstić information content (AvgIpc) is 2.95. The monoisotopic (exact) mass is 601 g/mol. The molecule has 0 spiro atoms. The highest BCUT2D eigenvalue weighted by Crippen LogP contribution is 2.38. The number of quaternary nitrogens is 1. The van der Waals surface area contributed by atoms with Crippen molar-refractivity contribution in [3.8, 4) is 0 Å². The Morgan fingerprint density at radius 1 is 1.24 bits per heavy atom. The van der Waals surface area contributed by atoms with Gasteiger partial charge in [-0.3, -0.25) is 0 Å². The summed E-state index contributed by atoms with van der Waals surface area (Å²) in [6.07, 6.45) is -1.76. The Hall–Kier alpha value is -2.40. The average molecular weight is 602 g/mol. The third kappa shape index (κ3) is 7.75. The maximum atomic E-state index is 12.7. The third-order valence-electron chi connectivity index (χ3n) is 7.80. The van der Waals surface area contributed by atoms with Gasteiger partial charge in [0.2, 0.25) is 12.1 Å². The van der Waals surface area contributed by atoms with Crippen molar-refractivity contribution >= 4 is 11.9 Å². The summed E-state index contributed by atoms with van der Waals surface area (Å²) in [6.45, 7) is 7.55. The Balaban J connectivity index is 1.91. The van der Waals surface area contributed by atoms with Crippen LogP contribution in [0.3, 0.4) is 0 Å². The number of carboxylic acid groups (broad SMARTS) is 1. The minimum absolute atomic E-state index is 0.0971. The van der Waals surface area contributed by atoms with Gasteiger partial charge in [0.1, 0.15) is 18.8 Å². The third-order valence-corrected chi connectivity index (χ3v) is 7.80. The Morgan fingerprint density at radius 2 is 1.95 bits per heavy atom. The predicted molar refractivity (Wildman–Crippen MR) is 141 cm³/mol. The molecule has 2 saturated heterocycles. The van der Waals surface area contributed by atoms with Gasteiger partial charge in [0.05, 0.1) is 63.2 Å². The highest BCUT2D eigenvalue weighted by molar-refractivity contribution is 5.89. The number of likely N-dealkylation sites (tertiary alicyclic amines) is 1. The number of hydrogen-bond acceptors (Lipinski definition) is 13. The van der Waals surface area contributed by atoms with Crippen LogP contribution < -0.4 is 10.0 Å². The van der Waals surface area contributed by atoms with E-state index in [4.69, 9.17) is 23.7 Å². The summed E-state index contributed by atoms with van der Waals surface area (Å²) < 4.78 is 28.0. The number of methoxy groups -OCH3 is 1. The molecule has 0 saturated carbocycles. The molecule has 2 fully saturated rings. The number of hydrogen-bond donors (Lipinski definition) is 6. The molecule has 3 heterocycles. The Morgan fingerprint density at radius 3 is 2.52 bits per heavy atom. The Kier molecular flexibility index (Phi) is 12.1. The number of ether oxygens (including phenoxy) is 5. The van der Waals surface area contributed by atoms with Crippen LogP contribution in [0, 0.1) is 23.7 Å². The van der Waals surface area contributed by atoms with E-state index in [1.807, 2.05) is 0 Å². The number of aliphatic hydroxyl groups is 5. The lowest BCUT2D eigenvalue weighted by Gasteiger charge is -2.48. The van der Waals surface area contributed by atoms with Gasteiger partial charge in [0.15, 0.2) is 12.4 Å². The van der Waals surface area contributed by atoms with Gasteiger partial charge in [-0.15, -0.1) is 6.58 Å². The molecule has 0 aromatic rings. The molecule has 3 rings (SSSR count). The molecule has 42 heavy (non-hydrogen) atoms. The lowest BCUT2D eigenvalue weighted by molar-refractivity contribution is -0.911. The molecule has 10 atom stereocenters.